The van der Waals surface area contributed by atoms with Crippen molar-refractivity contribution in [2.45, 2.75) is 24.7 Å². The third-order valence-corrected chi connectivity index (χ3v) is 6.86. The van der Waals surface area contributed by atoms with Gasteiger partial charge in [-0.25, -0.2) is 8.42 Å². The molecule has 0 saturated carbocycles. The number of sulfonamides is 1. The van der Waals surface area contributed by atoms with E-state index in [-0.39, 0.29) is 32.4 Å². The van der Waals surface area contributed by atoms with E-state index in [1.807, 2.05) is 0 Å². The lowest BCUT2D eigenvalue weighted by Crippen LogP contribution is -2.28. The predicted molar refractivity (Wildman–Crippen MR) is 105 cm³/mol. The summed E-state index contributed by atoms with van der Waals surface area (Å²) in [5, 5.41) is 13.7. The zero-order valence-corrected chi connectivity index (χ0v) is 16.6. The largest absolute Gasteiger partial charge is 0.321 e. The van der Waals surface area contributed by atoms with Gasteiger partial charge in [0.25, 0.3) is 11.6 Å². The number of nitro groups is 1. The Bertz CT molecular complexity index is 1050. The highest BCUT2D eigenvalue weighted by Gasteiger charge is 2.28. The van der Waals surface area contributed by atoms with Gasteiger partial charge >= 0.3 is 0 Å². The maximum absolute atomic E-state index is 12.7. The third-order valence-electron chi connectivity index (χ3n) is 4.64. The fourth-order valence-corrected chi connectivity index (χ4v) is 4.81. The summed E-state index contributed by atoms with van der Waals surface area (Å²) in [7, 11) is -3.71. The molecule has 0 unspecified atom stereocenters. The molecular formula is C18H18ClN3O5S. The van der Waals surface area contributed by atoms with Gasteiger partial charge in [0.05, 0.1) is 31.7 Å². The fourth-order valence-electron chi connectivity index (χ4n) is 3.06. The molecule has 1 N–H and O–H groups in total. The molecule has 0 aromatic heterocycles. The number of nitro benzene ring substituents is 1. The molecule has 2 aromatic carbocycles. The molecule has 10 heteroatoms. The number of nitrogens with zero attached hydrogens (tertiary/aromatic N) is 2. The van der Waals surface area contributed by atoms with Crippen molar-refractivity contribution in [3.8, 4) is 0 Å². The number of hydrogen-bond acceptors (Lipinski definition) is 5. The molecule has 8 nitrogen and oxygen atoms in total. The van der Waals surface area contributed by atoms with Crippen LogP contribution in [-0.4, -0.2) is 36.6 Å². The summed E-state index contributed by atoms with van der Waals surface area (Å²) in [6.45, 7) is 2.41. The molecule has 0 atom stereocenters. The highest BCUT2D eigenvalue weighted by Crippen LogP contribution is 2.28. The van der Waals surface area contributed by atoms with Gasteiger partial charge in [0.1, 0.15) is 0 Å². The van der Waals surface area contributed by atoms with Crippen LogP contribution in [0.2, 0.25) is 5.02 Å². The summed E-state index contributed by atoms with van der Waals surface area (Å²) >= 11 is 6.11. The number of halogens is 1. The fraction of sp³-hybridized carbons (Fsp3) is 0.278. The van der Waals surface area contributed by atoms with Crippen molar-refractivity contribution in [3.63, 3.8) is 0 Å². The van der Waals surface area contributed by atoms with Crippen LogP contribution >= 0.6 is 11.6 Å². The van der Waals surface area contributed by atoms with E-state index in [0.29, 0.717) is 13.1 Å². The highest BCUT2D eigenvalue weighted by molar-refractivity contribution is 7.89. The van der Waals surface area contributed by atoms with Crippen LogP contribution in [0.15, 0.2) is 41.3 Å². The van der Waals surface area contributed by atoms with Crippen LogP contribution in [0.25, 0.3) is 0 Å². The van der Waals surface area contributed by atoms with Crippen LogP contribution in [0.3, 0.4) is 0 Å². The molecule has 1 saturated heterocycles. The van der Waals surface area contributed by atoms with Gasteiger partial charge in [0, 0.05) is 19.2 Å². The maximum atomic E-state index is 12.7. The maximum Gasteiger partial charge on any atom is 0.274 e. The number of carbonyl (C=O) groups excluding carboxylic acids is 1. The Morgan fingerprint density at radius 1 is 1.21 bits per heavy atom. The normalized spacial score (nSPS) is 14.8. The Balaban J connectivity index is 1.93. The number of benzene rings is 2. The van der Waals surface area contributed by atoms with Crippen LogP contribution in [0, 0.1) is 17.0 Å². The monoisotopic (exact) mass is 423 g/mol. The van der Waals surface area contributed by atoms with E-state index in [2.05, 4.69) is 5.32 Å². The van der Waals surface area contributed by atoms with E-state index >= 15 is 0 Å². The van der Waals surface area contributed by atoms with Gasteiger partial charge in [0.2, 0.25) is 10.0 Å². The van der Waals surface area contributed by atoms with Crippen molar-refractivity contribution in [2.75, 3.05) is 18.4 Å². The zero-order valence-electron chi connectivity index (χ0n) is 15.0. The lowest BCUT2D eigenvalue weighted by molar-refractivity contribution is -0.385. The van der Waals surface area contributed by atoms with Crippen LogP contribution < -0.4 is 5.32 Å². The van der Waals surface area contributed by atoms with Crippen molar-refractivity contribution < 1.29 is 18.1 Å². The van der Waals surface area contributed by atoms with Crippen molar-refractivity contribution in [2.24, 2.45) is 0 Å². The Kier molecular flexibility index (Phi) is 5.69. The third kappa shape index (κ3) is 3.87. The van der Waals surface area contributed by atoms with Crippen molar-refractivity contribution in [1.29, 1.82) is 0 Å². The molecule has 1 aliphatic heterocycles. The molecule has 28 heavy (non-hydrogen) atoms. The lowest BCUT2D eigenvalue weighted by atomic mass is 10.1. The van der Waals surface area contributed by atoms with Gasteiger partial charge < -0.3 is 5.32 Å². The topological polar surface area (TPSA) is 110 Å². The van der Waals surface area contributed by atoms with Crippen LogP contribution in [0.4, 0.5) is 11.4 Å². The highest BCUT2D eigenvalue weighted by atomic mass is 35.5. The first kappa shape index (κ1) is 20.2. The smallest absolute Gasteiger partial charge is 0.274 e. The summed E-state index contributed by atoms with van der Waals surface area (Å²) in [5.41, 5.74) is 0.392. The molecular weight excluding hydrogens is 406 g/mol. The first-order valence-corrected chi connectivity index (χ1v) is 10.4. The van der Waals surface area contributed by atoms with Crippen LogP contribution in [0.1, 0.15) is 28.8 Å². The van der Waals surface area contributed by atoms with Gasteiger partial charge in [-0.05, 0) is 44.0 Å². The van der Waals surface area contributed by atoms with E-state index < -0.39 is 20.9 Å². The number of anilines is 1. The van der Waals surface area contributed by atoms with Gasteiger partial charge in [0.15, 0.2) is 0 Å². The molecule has 1 fully saturated rings. The first-order valence-electron chi connectivity index (χ1n) is 8.57. The molecule has 1 aliphatic rings. The molecule has 2 aromatic rings. The summed E-state index contributed by atoms with van der Waals surface area (Å²) < 4.78 is 26.8. The van der Waals surface area contributed by atoms with E-state index in [4.69, 9.17) is 11.6 Å². The second-order valence-corrected chi connectivity index (χ2v) is 8.76. The van der Waals surface area contributed by atoms with Gasteiger partial charge in [-0.1, -0.05) is 17.7 Å². The quantitative estimate of drug-likeness (QED) is 0.583. The number of carbonyl (C=O) groups is 1. The summed E-state index contributed by atoms with van der Waals surface area (Å²) in [5.74, 6) is -0.646. The van der Waals surface area contributed by atoms with Crippen molar-refractivity contribution in [3.05, 3.63) is 62.7 Å². The average Bonchev–Trinajstić information content (AvgIpc) is 3.19. The Morgan fingerprint density at radius 3 is 2.54 bits per heavy atom. The second kappa shape index (κ2) is 7.86. The number of amides is 1. The standard InChI is InChI=1S/C18H18ClN3O5S/c1-12-16(5-4-6-17(12)22(24)25)20-18(23)14-11-13(7-8-15(14)19)28(26,27)21-9-2-3-10-21/h4-8,11H,2-3,9-10H2,1H3,(H,20,23). The minimum Gasteiger partial charge on any atom is -0.321 e. The minimum atomic E-state index is -3.71. The van der Waals surface area contributed by atoms with E-state index in [9.17, 15) is 23.3 Å². The molecule has 1 amide bonds. The molecule has 0 radical (unpaired) electrons. The number of rotatable bonds is 5. The average molecular weight is 424 g/mol. The molecule has 148 valence electrons. The van der Waals surface area contributed by atoms with Gasteiger partial charge in [-0.15, -0.1) is 0 Å². The van der Waals surface area contributed by atoms with E-state index in [1.54, 1.807) is 0 Å². The predicted octanol–water partition coefficient (Wildman–Crippen LogP) is 3.59. The number of nitrogens with one attached hydrogen (secondary N) is 1. The lowest BCUT2D eigenvalue weighted by Gasteiger charge is -2.16. The first-order chi connectivity index (χ1) is 13.2. The molecule has 0 aliphatic carbocycles. The van der Waals surface area contributed by atoms with Gasteiger partial charge in [-0.2, -0.15) is 4.31 Å². The van der Waals surface area contributed by atoms with Gasteiger partial charge in [-0.3, -0.25) is 14.9 Å². The van der Waals surface area contributed by atoms with E-state index in [0.717, 1.165) is 12.8 Å². The van der Waals surface area contributed by atoms with Crippen LogP contribution in [-0.2, 0) is 10.0 Å². The Hall–Kier alpha value is -2.49. The Morgan fingerprint density at radius 2 is 1.89 bits per heavy atom. The van der Waals surface area contributed by atoms with E-state index in [1.165, 1.54) is 47.6 Å². The van der Waals surface area contributed by atoms with Crippen molar-refractivity contribution >= 4 is 38.9 Å². The minimum absolute atomic E-state index is 0.0142. The SMILES string of the molecule is Cc1c(NC(=O)c2cc(S(=O)(=O)N3CCCC3)ccc2Cl)cccc1[N+](=O)[O-]. The molecule has 3 rings (SSSR count). The van der Waals surface area contributed by atoms with Crippen LogP contribution in [0.5, 0.6) is 0 Å². The molecule has 1 heterocycles. The Labute approximate surface area is 167 Å². The molecule has 0 bridgehead atoms. The molecule has 0 spiro atoms. The summed E-state index contributed by atoms with van der Waals surface area (Å²) in [6.07, 6.45) is 1.60. The second-order valence-electron chi connectivity index (χ2n) is 6.41. The summed E-state index contributed by atoms with van der Waals surface area (Å²) in [4.78, 5) is 23.2. The van der Waals surface area contributed by atoms with Crippen molar-refractivity contribution in [1.82, 2.24) is 4.31 Å². The summed E-state index contributed by atoms with van der Waals surface area (Å²) in [6, 6.07) is 8.28. The zero-order chi connectivity index (χ0) is 20.5. The number of hydrogen-bond donors (Lipinski definition) is 1.